The summed E-state index contributed by atoms with van der Waals surface area (Å²) < 4.78 is 29.7. The van der Waals surface area contributed by atoms with Gasteiger partial charge in [0.1, 0.15) is 21.4 Å². The number of hydrogen-bond donors (Lipinski definition) is 2. The van der Waals surface area contributed by atoms with E-state index >= 15 is 0 Å². The fourth-order valence-corrected chi connectivity index (χ4v) is 7.40. The molecule has 59 heavy (non-hydrogen) atoms. The van der Waals surface area contributed by atoms with Crippen LogP contribution in [0.2, 0.25) is 0 Å². The van der Waals surface area contributed by atoms with Gasteiger partial charge in [-0.05, 0) is 65.9 Å². The molecule has 2 aromatic heterocycles. The van der Waals surface area contributed by atoms with Crippen LogP contribution in [-0.2, 0) is 35.0 Å². The Hall–Kier alpha value is -4.13. The molecule has 1 fully saturated rings. The van der Waals surface area contributed by atoms with Crippen LogP contribution in [0.15, 0.2) is 46.8 Å². The predicted octanol–water partition coefficient (Wildman–Crippen LogP) is 4.99. The summed E-state index contributed by atoms with van der Waals surface area (Å²) >= 11 is 1.13. The van der Waals surface area contributed by atoms with Gasteiger partial charge in [0.05, 0.1) is 63.8 Å². The number of anilines is 1. The molecule has 0 radical (unpaired) electrons. The van der Waals surface area contributed by atoms with Gasteiger partial charge in [-0.15, -0.1) is 11.3 Å². The van der Waals surface area contributed by atoms with E-state index in [0.29, 0.717) is 87.8 Å². The summed E-state index contributed by atoms with van der Waals surface area (Å²) in [6, 6.07) is 9.91. The zero-order chi connectivity index (χ0) is 43.2. The first-order valence-corrected chi connectivity index (χ1v) is 21.2. The maximum Gasteiger partial charge on any atom is 0.414 e. The second kappa shape index (κ2) is 21.9. The molecule has 0 bridgehead atoms. The Morgan fingerprint density at radius 3 is 2.08 bits per heavy atom. The number of nitrogens with two attached hydrogens (primary N) is 1. The van der Waals surface area contributed by atoms with E-state index in [9.17, 15) is 24.3 Å². The minimum atomic E-state index is -1.22. The summed E-state index contributed by atoms with van der Waals surface area (Å²) in [5.74, 6) is 0.106. The van der Waals surface area contributed by atoms with Crippen LogP contribution in [0.1, 0.15) is 79.2 Å². The molecule has 1 aliphatic heterocycles. The fourth-order valence-electron chi connectivity index (χ4n) is 6.44. The third kappa shape index (κ3) is 15.1. The van der Waals surface area contributed by atoms with Gasteiger partial charge >= 0.3 is 12.2 Å². The highest BCUT2D eigenvalue weighted by Gasteiger charge is 2.36. The van der Waals surface area contributed by atoms with Gasteiger partial charge < -0.3 is 44.3 Å². The zero-order valence-corrected chi connectivity index (χ0v) is 36.6. The van der Waals surface area contributed by atoms with Crippen LogP contribution in [0.3, 0.4) is 0 Å². The van der Waals surface area contributed by atoms with Gasteiger partial charge in [-0.3, -0.25) is 19.1 Å². The molecule has 0 aliphatic carbocycles. The number of piperidine rings is 1. The average Bonchev–Trinajstić information content (AvgIpc) is 3.59. The standard InChI is InChI=1S/C42H64N6O10S/c1-31(32-11-9-8-10-12-32)27-34(49)45-16-13-42(53,14-17-45)29-47-30-44-35-33(28-59-36(35)37(47)50)48(39(52)58-41(5,6)7)19-18-46(38(51)57-40(2,3)4)20-22-55-24-26-56-25-23-54-21-15-43/h8-12,28,30-31,53H,13-27,29,43H2,1-7H3/t31-/m1/s1. The third-order valence-electron chi connectivity index (χ3n) is 9.55. The number of carbonyl (C=O) groups excluding carboxylic acids is 3. The Kier molecular flexibility index (Phi) is 17.7. The van der Waals surface area contributed by atoms with Crippen molar-refractivity contribution in [2.45, 2.75) is 97.0 Å². The fraction of sp³-hybridized carbons (Fsp3) is 0.643. The molecule has 0 saturated carbocycles. The number of carbonyl (C=O) groups is 3. The largest absolute Gasteiger partial charge is 0.444 e. The molecule has 328 valence electrons. The lowest BCUT2D eigenvalue weighted by atomic mass is 9.90. The van der Waals surface area contributed by atoms with Crippen LogP contribution in [-0.4, -0.2) is 138 Å². The number of nitrogens with zero attached hydrogens (tertiary/aromatic N) is 5. The van der Waals surface area contributed by atoms with Crippen molar-refractivity contribution in [3.8, 4) is 0 Å². The van der Waals surface area contributed by atoms with Crippen molar-refractivity contribution in [3.05, 3.63) is 58.0 Å². The first-order valence-electron chi connectivity index (χ1n) is 20.3. The molecule has 16 nitrogen and oxygen atoms in total. The van der Waals surface area contributed by atoms with Crippen LogP contribution in [0.25, 0.3) is 10.2 Å². The van der Waals surface area contributed by atoms with Gasteiger partial charge in [-0.25, -0.2) is 14.6 Å². The summed E-state index contributed by atoms with van der Waals surface area (Å²) in [5, 5.41) is 13.3. The molecule has 1 aromatic carbocycles. The molecule has 3 N–H and O–H groups in total. The van der Waals surface area contributed by atoms with E-state index < -0.39 is 29.0 Å². The van der Waals surface area contributed by atoms with E-state index in [1.54, 1.807) is 51.8 Å². The molecule has 1 aliphatic rings. The maximum absolute atomic E-state index is 13.9. The van der Waals surface area contributed by atoms with Gasteiger partial charge in [0, 0.05) is 51.1 Å². The van der Waals surface area contributed by atoms with E-state index in [1.807, 2.05) is 37.3 Å². The SMILES string of the molecule is C[C@H](CC(=O)N1CCC(O)(Cn2cnc3c(N(CCN(CCOCCOCCOCCN)C(=O)OC(C)(C)C)C(=O)OC(C)(C)C)csc3c2=O)CC1)c1ccccc1. The summed E-state index contributed by atoms with van der Waals surface area (Å²) in [6.07, 6.45) is 1.12. The van der Waals surface area contributed by atoms with Crippen molar-refractivity contribution in [1.82, 2.24) is 19.4 Å². The van der Waals surface area contributed by atoms with E-state index in [2.05, 4.69) is 4.98 Å². The number of amides is 3. The average molecular weight is 845 g/mol. The number of aromatic nitrogens is 2. The second-order valence-electron chi connectivity index (χ2n) is 16.8. The lowest BCUT2D eigenvalue weighted by molar-refractivity contribution is -0.136. The highest BCUT2D eigenvalue weighted by atomic mass is 32.1. The Bertz CT molecular complexity index is 1850. The number of aliphatic hydroxyl groups is 1. The Balaban J connectivity index is 1.44. The first-order chi connectivity index (χ1) is 27.9. The van der Waals surface area contributed by atoms with Gasteiger partial charge in [0.2, 0.25) is 5.91 Å². The van der Waals surface area contributed by atoms with E-state index in [0.717, 1.165) is 16.9 Å². The minimum absolute atomic E-state index is 0.00247. The van der Waals surface area contributed by atoms with Gasteiger partial charge in [-0.1, -0.05) is 37.3 Å². The molecule has 1 saturated heterocycles. The summed E-state index contributed by atoms with van der Waals surface area (Å²) in [6.45, 7) is 16.2. The van der Waals surface area contributed by atoms with Crippen LogP contribution in [0.5, 0.6) is 0 Å². The van der Waals surface area contributed by atoms with E-state index in [1.165, 1.54) is 20.7 Å². The molecular weight excluding hydrogens is 781 g/mol. The van der Waals surface area contributed by atoms with E-state index in [4.69, 9.17) is 29.4 Å². The summed E-state index contributed by atoms with van der Waals surface area (Å²) in [5.41, 5.74) is 3.98. The topological polar surface area (TPSA) is 188 Å². The summed E-state index contributed by atoms with van der Waals surface area (Å²) in [7, 11) is 0. The minimum Gasteiger partial charge on any atom is -0.444 e. The molecule has 4 rings (SSSR count). The third-order valence-corrected chi connectivity index (χ3v) is 10.5. The Labute approximate surface area is 351 Å². The van der Waals surface area contributed by atoms with Crippen molar-refractivity contribution in [2.24, 2.45) is 5.73 Å². The van der Waals surface area contributed by atoms with E-state index in [-0.39, 0.29) is 50.2 Å². The van der Waals surface area contributed by atoms with Crippen molar-refractivity contribution < 1.29 is 43.2 Å². The first kappa shape index (κ1) is 47.5. The molecule has 1 atom stereocenters. The smallest absolute Gasteiger partial charge is 0.414 e. The number of fused-ring (bicyclic) bond motifs is 1. The lowest BCUT2D eigenvalue weighted by Crippen LogP contribution is -2.49. The molecular formula is C42H64N6O10S. The van der Waals surface area contributed by atoms with Crippen LogP contribution in [0, 0.1) is 0 Å². The zero-order valence-electron chi connectivity index (χ0n) is 35.8. The number of hydrogen-bond acceptors (Lipinski definition) is 13. The molecule has 0 spiro atoms. The highest BCUT2D eigenvalue weighted by molar-refractivity contribution is 7.17. The lowest BCUT2D eigenvalue weighted by Gasteiger charge is -2.38. The number of benzene rings is 1. The van der Waals surface area contributed by atoms with Gasteiger partial charge in [0.15, 0.2) is 0 Å². The van der Waals surface area contributed by atoms with Crippen molar-refractivity contribution >= 4 is 45.3 Å². The molecule has 3 amide bonds. The van der Waals surface area contributed by atoms with Crippen molar-refractivity contribution in [2.75, 3.05) is 83.8 Å². The number of likely N-dealkylation sites (tertiary alicyclic amines) is 1. The van der Waals surface area contributed by atoms with Gasteiger partial charge in [-0.2, -0.15) is 0 Å². The second-order valence-corrected chi connectivity index (χ2v) is 17.7. The number of thiophene rings is 1. The molecule has 0 unspecified atom stereocenters. The van der Waals surface area contributed by atoms with Gasteiger partial charge in [0.25, 0.3) is 5.56 Å². The number of ether oxygens (including phenoxy) is 5. The van der Waals surface area contributed by atoms with Crippen LogP contribution in [0.4, 0.5) is 15.3 Å². The molecule has 3 aromatic rings. The molecule has 3 heterocycles. The van der Waals surface area contributed by atoms with Crippen LogP contribution < -0.4 is 16.2 Å². The highest BCUT2D eigenvalue weighted by Crippen LogP contribution is 2.32. The monoisotopic (exact) mass is 844 g/mol. The summed E-state index contributed by atoms with van der Waals surface area (Å²) in [4.78, 5) is 63.4. The normalized spacial score (nSPS) is 14.9. The Morgan fingerprint density at radius 2 is 1.47 bits per heavy atom. The maximum atomic E-state index is 13.9. The van der Waals surface area contributed by atoms with Crippen molar-refractivity contribution in [3.63, 3.8) is 0 Å². The number of rotatable bonds is 20. The Morgan fingerprint density at radius 1 is 0.881 bits per heavy atom. The van der Waals surface area contributed by atoms with Crippen LogP contribution >= 0.6 is 11.3 Å². The molecule has 17 heteroatoms. The predicted molar refractivity (Wildman–Crippen MR) is 227 cm³/mol. The van der Waals surface area contributed by atoms with Crippen molar-refractivity contribution in [1.29, 1.82) is 0 Å². The quantitative estimate of drug-likeness (QED) is 0.145.